The number of anilines is 1. The average molecular weight is 488 g/mol. The lowest BCUT2D eigenvalue weighted by Crippen LogP contribution is -2.21. The van der Waals surface area contributed by atoms with Crippen molar-refractivity contribution in [2.75, 3.05) is 18.9 Å². The van der Waals surface area contributed by atoms with Crippen LogP contribution in [0.1, 0.15) is 78.0 Å². The van der Waals surface area contributed by atoms with E-state index in [2.05, 4.69) is 34.9 Å². The van der Waals surface area contributed by atoms with Gasteiger partial charge < -0.3 is 19.9 Å². The summed E-state index contributed by atoms with van der Waals surface area (Å²) in [5.74, 6) is -0.447. The molecule has 1 atom stereocenters. The second kappa shape index (κ2) is 16.4. The van der Waals surface area contributed by atoms with Crippen LogP contribution in [0, 0.1) is 0 Å². The van der Waals surface area contributed by atoms with Gasteiger partial charge in [-0.2, -0.15) is 0 Å². The number of nitrogens with two attached hydrogens (primary N) is 1. The Morgan fingerprint density at radius 3 is 2.29 bits per heavy atom. The Morgan fingerprint density at radius 2 is 1.60 bits per heavy atom. The van der Waals surface area contributed by atoms with Crippen LogP contribution >= 0.6 is 0 Å². The van der Waals surface area contributed by atoms with Crippen LogP contribution in [0.3, 0.4) is 0 Å². The maximum atomic E-state index is 12.4. The molecule has 0 aliphatic heterocycles. The van der Waals surface area contributed by atoms with Gasteiger partial charge in [0.2, 0.25) is 0 Å². The Hall–Kier alpha value is -3.27. The van der Waals surface area contributed by atoms with Crippen LogP contribution < -0.4 is 5.73 Å². The summed E-state index contributed by atoms with van der Waals surface area (Å²) in [6, 6.07) is 0. The van der Waals surface area contributed by atoms with E-state index in [4.69, 9.17) is 19.9 Å². The van der Waals surface area contributed by atoms with Crippen LogP contribution in [-0.2, 0) is 23.8 Å². The lowest BCUT2D eigenvalue weighted by molar-refractivity contribution is -0.202. The molecule has 2 rings (SSSR count). The summed E-state index contributed by atoms with van der Waals surface area (Å²) in [6.45, 7) is 4.61. The number of allylic oxidation sites excluding steroid dienone is 4. The van der Waals surface area contributed by atoms with Gasteiger partial charge in [-0.3, -0.25) is 14.2 Å². The highest BCUT2D eigenvalue weighted by atomic mass is 16.7. The van der Waals surface area contributed by atoms with E-state index in [1.54, 1.807) is 0 Å². The predicted octanol–water partition coefficient (Wildman–Crippen LogP) is 4.63. The summed E-state index contributed by atoms with van der Waals surface area (Å²) in [5.41, 5.74) is 6.65. The molecule has 2 aromatic heterocycles. The zero-order valence-electron chi connectivity index (χ0n) is 20.7. The summed E-state index contributed by atoms with van der Waals surface area (Å²) >= 11 is 0. The van der Waals surface area contributed by atoms with E-state index in [0.717, 1.165) is 25.7 Å². The molecule has 0 spiro atoms. The molecule has 0 aliphatic carbocycles. The average Bonchev–Trinajstić information content (AvgIpc) is 3.28. The Morgan fingerprint density at radius 1 is 0.943 bits per heavy atom. The van der Waals surface area contributed by atoms with Gasteiger partial charge in [-0.25, -0.2) is 15.0 Å². The van der Waals surface area contributed by atoms with Crippen molar-refractivity contribution in [3.8, 4) is 0 Å². The van der Waals surface area contributed by atoms with Gasteiger partial charge in [0, 0.05) is 19.3 Å². The first-order chi connectivity index (χ1) is 17.1. The topological polar surface area (TPSA) is 131 Å². The van der Waals surface area contributed by atoms with Gasteiger partial charge >= 0.3 is 11.9 Å². The van der Waals surface area contributed by atoms with Gasteiger partial charge in [0.15, 0.2) is 11.5 Å². The quantitative estimate of drug-likeness (QED) is 0.147. The number of carbonyl (C=O) groups excluding carboxylic acids is 2. The van der Waals surface area contributed by atoms with Crippen molar-refractivity contribution >= 4 is 28.9 Å². The molecule has 0 aromatic carbocycles. The Kier molecular flexibility index (Phi) is 13.1. The molecule has 35 heavy (non-hydrogen) atoms. The van der Waals surface area contributed by atoms with Crippen molar-refractivity contribution in [2.24, 2.45) is 0 Å². The number of ether oxygens (including phenoxy) is 3. The highest BCUT2D eigenvalue weighted by Crippen LogP contribution is 2.21. The first-order valence-electron chi connectivity index (χ1n) is 12.3. The molecule has 0 bridgehead atoms. The molecule has 0 saturated carbocycles. The van der Waals surface area contributed by atoms with E-state index < -0.39 is 12.4 Å². The molecule has 192 valence electrons. The zero-order chi connectivity index (χ0) is 25.3. The number of hydrogen-bond acceptors (Lipinski definition) is 9. The summed E-state index contributed by atoms with van der Waals surface area (Å²) in [7, 11) is 0. The third kappa shape index (κ3) is 10.3. The van der Waals surface area contributed by atoms with E-state index in [0.29, 0.717) is 36.8 Å². The molecule has 1 unspecified atom stereocenters. The van der Waals surface area contributed by atoms with Crippen LogP contribution in [0.2, 0.25) is 0 Å². The third-order valence-electron chi connectivity index (χ3n) is 4.93. The monoisotopic (exact) mass is 487 g/mol. The second-order valence-corrected chi connectivity index (χ2v) is 7.92. The van der Waals surface area contributed by atoms with E-state index in [9.17, 15) is 9.59 Å². The summed E-state index contributed by atoms with van der Waals surface area (Å²) < 4.78 is 18.1. The first kappa shape index (κ1) is 28.0. The number of fused-ring (bicyclic) bond motifs is 1. The van der Waals surface area contributed by atoms with Gasteiger partial charge in [0.25, 0.3) is 6.41 Å². The van der Waals surface area contributed by atoms with Crippen molar-refractivity contribution in [2.45, 2.75) is 78.0 Å². The highest BCUT2D eigenvalue weighted by Gasteiger charge is 2.21. The fourth-order valence-corrected chi connectivity index (χ4v) is 3.08. The minimum Gasteiger partial charge on any atom is -0.466 e. The van der Waals surface area contributed by atoms with Crippen molar-refractivity contribution in [3.63, 3.8) is 0 Å². The van der Waals surface area contributed by atoms with Gasteiger partial charge in [-0.1, -0.05) is 51.0 Å². The molecular weight excluding hydrogens is 450 g/mol. The number of esters is 2. The van der Waals surface area contributed by atoms with Crippen LogP contribution in [0.4, 0.5) is 5.82 Å². The van der Waals surface area contributed by atoms with Crippen molar-refractivity contribution < 1.29 is 23.8 Å². The van der Waals surface area contributed by atoms with E-state index in [1.165, 1.54) is 17.2 Å². The van der Waals surface area contributed by atoms with Crippen molar-refractivity contribution in [3.05, 3.63) is 37.0 Å². The third-order valence-corrected chi connectivity index (χ3v) is 4.93. The normalized spacial score (nSPS) is 12.5. The lowest BCUT2D eigenvalue weighted by atomic mass is 10.2. The molecule has 2 heterocycles. The first-order valence-corrected chi connectivity index (χ1v) is 12.3. The molecule has 0 fully saturated rings. The molecule has 0 saturated heterocycles. The second-order valence-electron chi connectivity index (χ2n) is 7.92. The fourth-order valence-electron chi connectivity index (χ4n) is 3.08. The molecule has 2 N–H and O–H groups in total. The largest absolute Gasteiger partial charge is 0.466 e. The fraction of sp³-hybridized carbons (Fsp3) is 0.560. The number of nitrogens with zero attached hydrogens (tertiary/aromatic N) is 4. The maximum absolute atomic E-state index is 12.4. The molecule has 0 amide bonds. The Balaban J connectivity index is 1.88. The van der Waals surface area contributed by atoms with Gasteiger partial charge in [-0.15, -0.1) is 0 Å². The lowest BCUT2D eigenvalue weighted by Gasteiger charge is -2.19. The number of hydrogen-bond donors (Lipinski definition) is 1. The standard InChI is InChI=1S/C25H37N5O5/c1-3-5-7-9-11-14-20(31)33-16-13-17-34-25(35-21(32)15-12-10-8-6-4-2)30-19-29-22-23(26)27-18-28-24(22)30/h7-10,18-19,25H,3-6,11-17H2,1-2H3,(H2,26,27,28). The molecule has 10 heteroatoms. The van der Waals surface area contributed by atoms with Crippen molar-refractivity contribution in [1.29, 1.82) is 0 Å². The number of carbonyl (C=O) groups is 2. The van der Waals surface area contributed by atoms with Crippen LogP contribution in [0.15, 0.2) is 37.0 Å². The summed E-state index contributed by atoms with van der Waals surface area (Å²) in [6.07, 6.45) is 16.1. The molecular formula is C25H37N5O5. The Labute approximate surface area is 206 Å². The van der Waals surface area contributed by atoms with Gasteiger partial charge in [0.05, 0.1) is 13.2 Å². The van der Waals surface area contributed by atoms with Crippen molar-refractivity contribution in [1.82, 2.24) is 19.5 Å². The predicted molar refractivity (Wildman–Crippen MR) is 133 cm³/mol. The SMILES string of the molecule is CCCC=CCCC(=O)OCCCOC(OC(=O)CCC=CCCC)n1cnc2c(N)ncnc21. The minimum absolute atomic E-state index is 0.193. The molecule has 2 aromatic rings. The Bertz CT molecular complexity index is 972. The number of imidazole rings is 1. The van der Waals surface area contributed by atoms with Crippen LogP contribution in [0.5, 0.6) is 0 Å². The highest BCUT2D eigenvalue weighted by molar-refractivity contribution is 5.81. The van der Waals surface area contributed by atoms with E-state index >= 15 is 0 Å². The van der Waals surface area contributed by atoms with Gasteiger partial charge in [-0.05, 0) is 25.7 Å². The smallest absolute Gasteiger partial charge is 0.309 e. The van der Waals surface area contributed by atoms with Crippen LogP contribution in [-0.4, -0.2) is 44.7 Å². The number of nitrogen functional groups attached to an aromatic ring is 1. The molecule has 0 radical (unpaired) electrons. The number of unbranched alkanes of at least 4 members (excludes halogenated alkanes) is 2. The summed E-state index contributed by atoms with van der Waals surface area (Å²) in [5, 5.41) is 0. The molecule has 0 aliphatic rings. The van der Waals surface area contributed by atoms with Gasteiger partial charge in [0.1, 0.15) is 18.2 Å². The minimum atomic E-state index is -1.08. The number of rotatable bonds is 17. The van der Waals surface area contributed by atoms with E-state index in [1.807, 2.05) is 18.2 Å². The maximum Gasteiger partial charge on any atom is 0.309 e. The van der Waals surface area contributed by atoms with Crippen LogP contribution in [0.25, 0.3) is 11.2 Å². The zero-order valence-corrected chi connectivity index (χ0v) is 20.7. The molecule has 10 nitrogen and oxygen atoms in total. The summed E-state index contributed by atoms with van der Waals surface area (Å²) in [4.78, 5) is 36.6. The number of aromatic nitrogens is 4. The van der Waals surface area contributed by atoms with E-state index in [-0.39, 0.29) is 31.4 Å².